The molecule has 0 unspecified atom stereocenters. The summed E-state index contributed by atoms with van der Waals surface area (Å²) in [6.45, 7) is 7.15. The highest BCUT2D eigenvalue weighted by molar-refractivity contribution is 7.99. The van der Waals surface area contributed by atoms with Crippen molar-refractivity contribution in [2.75, 3.05) is 30.8 Å². The van der Waals surface area contributed by atoms with Gasteiger partial charge in [-0.25, -0.2) is 0 Å². The fraction of sp³-hybridized carbons (Fsp3) is 0.619. The zero-order valence-electron chi connectivity index (χ0n) is 16.5. The molecule has 0 aliphatic heterocycles. The quantitative estimate of drug-likeness (QED) is 0.686. The number of nitrogens with zero attached hydrogens (tertiary/aromatic N) is 3. The van der Waals surface area contributed by atoms with Crippen molar-refractivity contribution >= 4 is 23.4 Å². The standard InChI is InChI=1S/C21H31N3OS/c1-5-26-20-8-7-18(14-20)23(4)15-21(25)24(10-6-9-22)19-12-16(2)11-17(3)13-19/h11-13,18,20H,5-8,10,14-15H2,1-4H3/t18-,20+/m1/s1. The van der Waals surface area contributed by atoms with Crippen molar-refractivity contribution in [2.45, 2.75) is 57.7 Å². The van der Waals surface area contributed by atoms with Gasteiger partial charge in [0.1, 0.15) is 0 Å². The van der Waals surface area contributed by atoms with E-state index in [1.807, 2.05) is 37.7 Å². The van der Waals surface area contributed by atoms with Crippen LogP contribution < -0.4 is 4.90 Å². The summed E-state index contributed by atoms with van der Waals surface area (Å²) >= 11 is 2.04. The SMILES string of the molecule is CCS[C@H]1CC[C@@H](N(C)CC(=O)N(CCC#N)c2cc(C)cc(C)c2)C1. The Labute approximate surface area is 162 Å². The molecule has 1 aromatic rings. The average Bonchev–Trinajstić information content (AvgIpc) is 3.03. The van der Waals surface area contributed by atoms with Gasteiger partial charge in [0.15, 0.2) is 0 Å². The van der Waals surface area contributed by atoms with E-state index in [1.165, 1.54) is 19.3 Å². The van der Waals surface area contributed by atoms with Gasteiger partial charge >= 0.3 is 0 Å². The predicted molar refractivity (Wildman–Crippen MR) is 111 cm³/mol. The molecule has 1 aliphatic rings. The van der Waals surface area contributed by atoms with Gasteiger partial charge in [0.25, 0.3) is 0 Å². The third-order valence-electron chi connectivity index (χ3n) is 5.03. The predicted octanol–water partition coefficient (Wildman–Crippen LogP) is 4.16. The van der Waals surface area contributed by atoms with Crippen molar-refractivity contribution in [1.82, 2.24) is 4.90 Å². The summed E-state index contributed by atoms with van der Waals surface area (Å²) in [5.41, 5.74) is 3.18. The molecule has 1 aliphatic carbocycles. The second-order valence-corrected chi connectivity index (χ2v) is 8.84. The van der Waals surface area contributed by atoms with Crippen molar-refractivity contribution in [1.29, 1.82) is 5.26 Å². The number of thioether (sulfide) groups is 1. The highest BCUT2D eigenvalue weighted by Gasteiger charge is 2.29. The van der Waals surface area contributed by atoms with Crippen LogP contribution in [-0.2, 0) is 4.79 Å². The van der Waals surface area contributed by atoms with Gasteiger partial charge in [-0.3, -0.25) is 9.69 Å². The number of rotatable bonds is 8. The molecule has 1 fully saturated rings. The maximum atomic E-state index is 13.0. The summed E-state index contributed by atoms with van der Waals surface area (Å²) < 4.78 is 0. The fourth-order valence-electron chi connectivity index (χ4n) is 3.80. The molecule has 0 aromatic heterocycles. The van der Waals surface area contributed by atoms with Crippen LogP contribution in [0.5, 0.6) is 0 Å². The lowest BCUT2D eigenvalue weighted by molar-refractivity contribution is -0.119. The van der Waals surface area contributed by atoms with E-state index in [1.54, 1.807) is 4.90 Å². The highest BCUT2D eigenvalue weighted by Crippen LogP contribution is 2.32. The van der Waals surface area contributed by atoms with Crippen LogP contribution in [0.1, 0.15) is 43.7 Å². The van der Waals surface area contributed by atoms with E-state index in [2.05, 4.69) is 31.0 Å². The molecule has 0 heterocycles. The summed E-state index contributed by atoms with van der Waals surface area (Å²) in [6, 6.07) is 8.83. The maximum Gasteiger partial charge on any atom is 0.241 e. The highest BCUT2D eigenvalue weighted by atomic mass is 32.2. The molecule has 26 heavy (non-hydrogen) atoms. The molecule has 0 spiro atoms. The van der Waals surface area contributed by atoms with Gasteiger partial charge in [-0.05, 0) is 69.2 Å². The van der Waals surface area contributed by atoms with Crippen molar-refractivity contribution in [3.8, 4) is 6.07 Å². The van der Waals surface area contributed by atoms with Crippen molar-refractivity contribution < 1.29 is 4.79 Å². The Hall–Kier alpha value is -1.51. The number of likely N-dealkylation sites (N-methyl/N-ethyl adjacent to an activating group) is 1. The molecule has 1 saturated carbocycles. The zero-order valence-corrected chi connectivity index (χ0v) is 17.3. The monoisotopic (exact) mass is 373 g/mol. The smallest absolute Gasteiger partial charge is 0.241 e. The first kappa shape index (κ1) is 20.8. The number of carbonyl (C=O) groups is 1. The topological polar surface area (TPSA) is 47.3 Å². The van der Waals surface area contributed by atoms with Gasteiger partial charge in [-0.1, -0.05) is 13.0 Å². The molecule has 0 bridgehead atoms. The minimum absolute atomic E-state index is 0.0827. The molecule has 0 N–H and O–H groups in total. The summed E-state index contributed by atoms with van der Waals surface area (Å²) in [5, 5.41) is 9.72. The van der Waals surface area contributed by atoms with Gasteiger partial charge in [0, 0.05) is 23.5 Å². The third kappa shape index (κ3) is 5.75. The van der Waals surface area contributed by atoms with Crippen molar-refractivity contribution in [3.63, 3.8) is 0 Å². The van der Waals surface area contributed by atoms with Crippen LogP contribution in [-0.4, -0.2) is 48.0 Å². The number of carbonyl (C=O) groups excluding carboxylic acids is 1. The van der Waals surface area contributed by atoms with Crippen molar-refractivity contribution in [3.05, 3.63) is 29.3 Å². The van der Waals surface area contributed by atoms with Gasteiger partial charge in [0.2, 0.25) is 5.91 Å². The number of anilines is 1. The molecule has 0 saturated heterocycles. The lowest BCUT2D eigenvalue weighted by atomic mass is 10.1. The Balaban J connectivity index is 2.05. The summed E-state index contributed by atoms with van der Waals surface area (Å²) in [4.78, 5) is 17.0. The van der Waals surface area contributed by atoms with Crippen LogP contribution in [0, 0.1) is 25.2 Å². The first-order valence-corrected chi connectivity index (χ1v) is 10.6. The minimum atomic E-state index is 0.0827. The molecule has 4 nitrogen and oxygen atoms in total. The average molecular weight is 374 g/mol. The molecule has 0 radical (unpaired) electrons. The molecule has 142 valence electrons. The summed E-state index contributed by atoms with van der Waals surface area (Å²) in [6.07, 6.45) is 3.94. The van der Waals surface area contributed by atoms with E-state index in [4.69, 9.17) is 5.26 Å². The zero-order chi connectivity index (χ0) is 19.1. The Morgan fingerprint density at radius 3 is 2.58 bits per heavy atom. The number of amides is 1. The Morgan fingerprint density at radius 1 is 1.27 bits per heavy atom. The molecule has 1 amide bonds. The molecule has 5 heteroatoms. The fourth-order valence-corrected chi connectivity index (χ4v) is 4.93. The first-order valence-electron chi connectivity index (χ1n) is 9.52. The third-order valence-corrected chi connectivity index (χ3v) is 6.27. The van der Waals surface area contributed by atoms with E-state index in [0.29, 0.717) is 25.6 Å². The number of hydrogen-bond donors (Lipinski definition) is 0. The van der Waals surface area contributed by atoms with E-state index in [0.717, 1.165) is 27.8 Å². The van der Waals surface area contributed by atoms with Gasteiger partial charge in [-0.2, -0.15) is 17.0 Å². The summed E-state index contributed by atoms with van der Waals surface area (Å²) in [5.74, 6) is 1.24. The van der Waals surface area contributed by atoms with E-state index >= 15 is 0 Å². The lowest BCUT2D eigenvalue weighted by Crippen LogP contribution is -2.42. The van der Waals surface area contributed by atoms with Crippen molar-refractivity contribution in [2.24, 2.45) is 0 Å². The molecule has 1 aromatic carbocycles. The number of benzene rings is 1. The largest absolute Gasteiger partial charge is 0.310 e. The Bertz CT molecular complexity index is 635. The van der Waals surface area contributed by atoms with Crippen LogP contribution in [0.15, 0.2) is 18.2 Å². The molecule has 2 atom stereocenters. The second kappa shape index (κ2) is 9.99. The van der Waals surface area contributed by atoms with Gasteiger partial charge < -0.3 is 4.90 Å². The first-order chi connectivity index (χ1) is 12.4. The number of aryl methyl sites for hydroxylation is 2. The van der Waals surface area contributed by atoms with Gasteiger partial charge in [0.05, 0.1) is 19.0 Å². The molecular weight excluding hydrogens is 342 g/mol. The minimum Gasteiger partial charge on any atom is -0.310 e. The van der Waals surface area contributed by atoms with E-state index in [9.17, 15) is 4.79 Å². The van der Waals surface area contributed by atoms with Gasteiger partial charge in [-0.15, -0.1) is 0 Å². The second-order valence-electron chi connectivity index (χ2n) is 7.26. The molecule has 2 rings (SSSR count). The van der Waals surface area contributed by atoms with E-state index < -0.39 is 0 Å². The van der Waals surface area contributed by atoms with Crippen LogP contribution in [0.4, 0.5) is 5.69 Å². The lowest BCUT2D eigenvalue weighted by Gasteiger charge is -2.28. The van der Waals surface area contributed by atoms with Crippen LogP contribution in [0.25, 0.3) is 0 Å². The maximum absolute atomic E-state index is 13.0. The number of nitriles is 1. The van der Waals surface area contributed by atoms with E-state index in [-0.39, 0.29) is 5.91 Å². The summed E-state index contributed by atoms with van der Waals surface area (Å²) in [7, 11) is 2.06. The van der Waals surface area contributed by atoms with Crippen LogP contribution >= 0.6 is 11.8 Å². The van der Waals surface area contributed by atoms with Crippen LogP contribution in [0.3, 0.4) is 0 Å². The normalized spacial score (nSPS) is 19.5. The Morgan fingerprint density at radius 2 is 1.96 bits per heavy atom. The number of hydrogen-bond acceptors (Lipinski definition) is 4. The molecular formula is C21H31N3OS. The van der Waals surface area contributed by atoms with Crippen LogP contribution in [0.2, 0.25) is 0 Å². The Kier molecular flexibility index (Phi) is 7.99.